The molecule has 11 heavy (non-hydrogen) atoms. The zero-order chi connectivity index (χ0) is 8.32. The first-order valence-electron chi connectivity index (χ1n) is 4.24. The summed E-state index contributed by atoms with van der Waals surface area (Å²) in [6.07, 6.45) is 2.71. The second-order valence-corrected chi connectivity index (χ2v) is 3.42. The fraction of sp³-hybridized carbons (Fsp3) is 0.778. The number of nitrogens with one attached hydrogen (secondary N) is 1. The van der Waals surface area contributed by atoms with Crippen molar-refractivity contribution < 1.29 is 5.11 Å². The first-order valence-corrected chi connectivity index (χ1v) is 4.24. The van der Waals surface area contributed by atoms with Crippen LogP contribution in [-0.4, -0.2) is 23.8 Å². The molecule has 1 unspecified atom stereocenters. The quantitative estimate of drug-likeness (QED) is 0.555. The highest BCUT2D eigenvalue weighted by molar-refractivity contribution is 5.09. The molecule has 1 fully saturated rings. The largest absolute Gasteiger partial charge is 0.385 e. The van der Waals surface area contributed by atoms with E-state index in [2.05, 4.69) is 11.9 Å². The van der Waals surface area contributed by atoms with Crippen molar-refractivity contribution in [1.82, 2.24) is 5.32 Å². The van der Waals surface area contributed by atoms with Crippen LogP contribution in [0.1, 0.15) is 26.2 Å². The standard InChI is InChI=1S/C9H17NO/c1-8(2)9(11)4-3-6-10-7-5-9/h10-11H,1,3-7H2,2H3. The minimum Gasteiger partial charge on any atom is -0.385 e. The normalized spacial score (nSPS) is 32.9. The summed E-state index contributed by atoms with van der Waals surface area (Å²) in [4.78, 5) is 0. The van der Waals surface area contributed by atoms with Gasteiger partial charge in [0, 0.05) is 0 Å². The fourth-order valence-corrected chi connectivity index (χ4v) is 1.48. The van der Waals surface area contributed by atoms with Gasteiger partial charge < -0.3 is 10.4 Å². The van der Waals surface area contributed by atoms with Gasteiger partial charge in [-0.3, -0.25) is 0 Å². The summed E-state index contributed by atoms with van der Waals surface area (Å²) in [6, 6.07) is 0. The molecule has 1 aliphatic rings. The third-order valence-corrected chi connectivity index (χ3v) is 2.45. The lowest BCUT2D eigenvalue weighted by molar-refractivity contribution is 0.0662. The van der Waals surface area contributed by atoms with Crippen LogP contribution in [0.25, 0.3) is 0 Å². The van der Waals surface area contributed by atoms with Gasteiger partial charge in [-0.05, 0) is 44.8 Å². The number of hydrogen-bond donors (Lipinski definition) is 2. The van der Waals surface area contributed by atoms with Gasteiger partial charge >= 0.3 is 0 Å². The Kier molecular flexibility index (Phi) is 2.68. The summed E-state index contributed by atoms with van der Waals surface area (Å²) in [5, 5.41) is 13.2. The first-order chi connectivity index (χ1) is 5.15. The van der Waals surface area contributed by atoms with Crippen molar-refractivity contribution in [3.63, 3.8) is 0 Å². The zero-order valence-corrected chi connectivity index (χ0v) is 7.19. The Labute approximate surface area is 68.3 Å². The summed E-state index contributed by atoms with van der Waals surface area (Å²) < 4.78 is 0. The van der Waals surface area contributed by atoms with E-state index in [-0.39, 0.29) is 0 Å². The summed E-state index contributed by atoms with van der Waals surface area (Å²) in [5.41, 5.74) is 0.310. The molecule has 0 radical (unpaired) electrons. The second-order valence-electron chi connectivity index (χ2n) is 3.42. The average Bonchev–Trinajstić information content (AvgIpc) is 2.15. The Morgan fingerprint density at radius 1 is 1.45 bits per heavy atom. The molecule has 0 bridgehead atoms. The maximum absolute atomic E-state index is 9.99. The maximum atomic E-state index is 9.99. The molecular formula is C9H17NO. The molecular weight excluding hydrogens is 138 g/mol. The highest BCUT2D eigenvalue weighted by Gasteiger charge is 2.28. The Balaban J connectivity index is 2.59. The predicted molar refractivity (Wildman–Crippen MR) is 46.5 cm³/mol. The molecule has 1 aliphatic heterocycles. The molecule has 1 rings (SSSR count). The van der Waals surface area contributed by atoms with Crippen LogP contribution in [0.4, 0.5) is 0 Å². The monoisotopic (exact) mass is 155 g/mol. The van der Waals surface area contributed by atoms with Gasteiger partial charge in [-0.2, -0.15) is 0 Å². The maximum Gasteiger partial charge on any atom is 0.0864 e. The van der Waals surface area contributed by atoms with E-state index in [9.17, 15) is 5.11 Å². The third-order valence-electron chi connectivity index (χ3n) is 2.45. The van der Waals surface area contributed by atoms with Crippen LogP contribution < -0.4 is 5.32 Å². The Bertz CT molecular complexity index is 146. The van der Waals surface area contributed by atoms with Gasteiger partial charge in [0.05, 0.1) is 5.60 Å². The van der Waals surface area contributed by atoms with E-state index >= 15 is 0 Å². The van der Waals surface area contributed by atoms with E-state index < -0.39 is 5.60 Å². The van der Waals surface area contributed by atoms with Crippen molar-refractivity contribution in [3.05, 3.63) is 12.2 Å². The number of rotatable bonds is 1. The molecule has 2 N–H and O–H groups in total. The second kappa shape index (κ2) is 3.37. The SMILES string of the molecule is C=C(C)C1(O)CCCNCC1. The molecule has 0 aromatic heterocycles. The van der Waals surface area contributed by atoms with Crippen molar-refractivity contribution in [2.75, 3.05) is 13.1 Å². The van der Waals surface area contributed by atoms with Crippen LogP contribution in [0, 0.1) is 0 Å². The molecule has 0 aromatic rings. The minimum atomic E-state index is -0.594. The van der Waals surface area contributed by atoms with Crippen LogP contribution >= 0.6 is 0 Å². The lowest BCUT2D eigenvalue weighted by Crippen LogP contribution is -2.30. The van der Waals surface area contributed by atoms with E-state index in [1.807, 2.05) is 6.92 Å². The van der Waals surface area contributed by atoms with Crippen LogP contribution in [-0.2, 0) is 0 Å². The summed E-state index contributed by atoms with van der Waals surface area (Å²) in [5.74, 6) is 0. The average molecular weight is 155 g/mol. The molecule has 2 nitrogen and oxygen atoms in total. The summed E-state index contributed by atoms with van der Waals surface area (Å²) in [7, 11) is 0. The molecule has 64 valence electrons. The van der Waals surface area contributed by atoms with E-state index in [1.165, 1.54) is 0 Å². The third kappa shape index (κ3) is 2.04. The lowest BCUT2D eigenvalue weighted by Gasteiger charge is -2.26. The highest BCUT2D eigenvalue weighted by Crippen LogP contribution is 2.25. The van der Waals surface area contributed by atoms with E-state index in [0.717, 1.165) is 37.9 Å². The highest BCUT2D eigenvalue weighted by atomic mass is 16.3. The van der Waals surface area contributed by atoms with Crippen LogP contribution in [0.5, 0.6) is 0 Å². The molecule has 0 saturated carbocycles. The molecule has 2 heteroatoms. The molecule has 1 atom stereocenters. The Morgan fingerprint density at radius 2 is 2.18 bits per heavy atom. The molecule has 0 spiro atoms. The van der Waals surface area contributed by atoms with E-state index in [1.54, 1.807) is 0 Å². The molecule has 1 saturated heterocycles. The molecule has 0 amide bonds. The van der Waals surface area contributed by atoms with Gasteiger partial charge in [0.15, 0.2) is 0 Å². The van der Waals surface area contributed by atoms with Gasteiger partial charge in [-0.1, -0.05) is 6.58 Å². The molecule has 0 aromatic carbocycles. The Morgan fingerprint density at radius 3 is 2.82 bits per heavy atom. The van der Waals surface area contributed by atoms with Crippen molar-refractivity contribution in [2.24, 2.45) is 0 Å². The van der Waals surface area contributed by atoms with Gasteiger partial charge in [-0.25, -0.2) is 0 Å². The van der Waals surface area contributed by atoms with Gasteiger partial charge in [0.1, 0.15) is 0 Å². The van der Waals surface area contributed by atoms with Crippen molar-refractivity contribution >= 4 is 0 Å². The van der Waals surface area contributed by atoms with Crippen LogP contribution in [0.2, 0.25) is 0 Å². The van der Waals surface area contributed by atoms with Gasteiger partial charge in [0.2, 0.25) is 0 Å². The van der Waals surface area contributed by atoms with Gasteiger partial charge in [-0.15, -0.1) is 0 Å². The number of hydrogen-bond acceptors (Lipinski definition) is 2. The van der Waals surface area contributed by atoms with Crippen molar-refractivity contribution in [3.8, 4) is 0 Å². The fourth-order valence-electron chi connectivity index (χ4n) is 1.48. The van der Waals surface area contributed by atoms with E-state index in [0.29, 0.717) is 0 Å². The zero-order valence-electron chi connectivity index (χ0n) is 7.19. The van der Waals surface area contributed by atoms with Gasteiger partial charge in [0.25, 0.3) is 0 Å². The van der Waals surface area contributed by atoms with Crippen LogP contribution in [0.3, 0.4) is 0 Å². The summed E-state index contributed by atoms with van der Waals surface area (Å²) in [6.45, 7) is 7.65. The lowest BCUT2D eigenvalue weighted by atomic mass is 9.88. The van der Waals surface area contributed by atoms with E-state index in [4.69, 9.17) is 0 Å². The molecule has 1 heterocycles. The minimum absolute atomic E-state index is 0.594. The predicted octanol–water partition coefficient (Wildman–Crippen LogP) is 1.07. The first kappa shape index (κ1) is 8.75. The molecule has 0 aliphatic carbocycles. The topological polar surface area (TPSA) is 32.3 Å². The number of aliphatic hydroxyl groups is 1. The summed E-state index contributed by atoms with van der Waals surface area (Å²) >= 11 is 0. The Hall–Kier alpha value is -0.340. The van der Waals surface area contributed by atoms with Crippen molar-refractivity contribution in [2.45, 2.75) is 31.8 Å². The smallest absolute Gasteiger partial charge is 0.0864 e. The van der Waals surface area contributed by atoms with Crippen molar-refractivity contribution in [1.29, 1.82) is 0 Å². The van der Waals surface area contributed by atoms with Crippen LogP contribution in [0.15, 0.2) is 12.2 Å².